The Morgan fingerprint density at radius 1 is 1.20 bits per heavy atom. The highest BCUT2D eigenvalue weighted by Gasteiger charge is 2.23. The van der Waals surface area contributed by atoms with Gasteiger partial charge in [-0.25, -0.2) is 0 Å². The first-order valence-electron chi connectivity index (χ1n) is 7.97. The van der Waals surface area contributed by atoms with Gasteiger partial charge < -0.3 is 14.7 Å². The van der Waals surface area contributed by atoms with Gasteiger partial charge in [-0.2, -0.15) is 4.80 Å². The molecule has 1 saturated heterocycles. The Hall–Kier alpha value is -2.82. The molecule has 1 aliphatic heterocycles. The summed E-state index contributed by atoms with van der Waals surface area (Å²) in [6.45, 7) is 6.17. The SMILES string of the molecule is Cc1nnn(CC(=O)N2CCN(CC(=O)Nc3cc(C)on3)CC2)n1. The third kappa shape index (κ3) is 4.59. The van der Waals surface area contributed by atoms with Gasteiger partial charge in [-0.3, -0.25) is 14.5 Å². The van der Waals surface area contributed by atoms with Crippen LogP contribution < -0.4 is 5.32 Å². The van der Waals surface area contributed by atoms with Crippen LogP contribution in [0.25, 0.3) is 0 Å². The molecule has 11 nitrogen and oxygen atoms in total. The fraction of sp³-hybridized carbons (Fsp3) is 0.571. The Bertz CT molecular complexity index is 747. The molecule has 0 atom stereocenters. The molecule has 1 fully saturated rings. The smallest absolute Gasteiger partial charge is 0.246 e. The molecule has 25 heavy (non-hydrogen) atoms. The quantitative estimate of drug-likeness (QED) is 0.735. The van der Waals surface area contributed by atoms with Gasteiger partial charge in [0, 0.05) is 32.2 Å². The Morgan fingerprint density at radius 3 is 2.56 bits per heavy atom. The number of hydrogen-bond acceptors (Lipinski definition) is 8. The zero-order valence-corrected chi connectivity index (χ0v) is 14.2. The van der Waals surface area contributed by atoms with E-state index in [0.717, 1.165) is 0 Å². The van der Waals surface area contributed by atoms with Gasteiger partial charge in [0.15, 0.2) is 11.6 Å². The molecular weight excluding hydrogens is 328 g/mol. The van der Waals surface area contributed by atoms with E-state index in [2.05, 4.69) is 25.9 Å². The average molecular weight is 348 g/mol. The van der Waals surface area contributed by atoms with Crippen LogP contribution in [-0.4, -0.2) is 79.7 Å². The summed E-state index contributed by atoms with van der Waals surface area (Å²) < 4.78 is 4.91. The number of carbonyl (C=O) groups excluding carboxylic acids is 2. The van der Waals surface area contributed by atoms with Crippen molar-refractivity contribution in [3.8, 4) is 0 Å². The number of aryl methyl sites for hydroxylation is 2. The molecular formula is C14H20N8O3. The van der Waals surface area contributed by atoms with Gasteiger partial charge in [0.05, 0.1) is 6.54 Å². The molecule has 1 aliphatic rings. The fourth-order valence-corrected chi connectivity index (χ4v) is 2.58. The number of carbonyl (C=O) groups is 2. The maximum absolute atomic E-state index is 12.2. The van der Waals surface area contributed by atoms with Crippen molar-refractivity contribution in [2.75, 3.05) is 38.0 Å². The highest BCUT2D eigenvalue weighted by atomic mass is 16.5. The molecule has 0 spiro atoms. The summed E-state index contributed by atoms with van der Waals surface area (Å²) >= 11 is 0. The highest BCUT2D eigenvalue weighted by molar-refractivity contribution is 5.91. The lowest BCUT2D eigenvalue weighted by atomic mass is 10.3. The van der Waals surface area contributed by atoms with Crippen molar-refractivity contribution in [2.24, 2.45) is 0 Å². The number of anilines is 1. The number of aromatic nitrogens is 5. The third-order valence-electron chi connectivity index (χ3n) is 3.82. The topological polar surface area (TPSA) is 122 Å². The summed E-state index contributed by atoms with van der Waals surface area (Å²) in [7, 11) is 0. The zero-order chi connectivity index (χ0) is 17.8. The minimum Gasteiger partial charge on any atom is -0.360 e. The minimum absolute atomic E-state index is 0.0560. The number of hydrogen-bond donors (Lipinski definition) is 1. The second-order valence-electron chi connectivity index (χ2n) is 5.89. The van der Waals surface area contributed by atoms with Crippen LogP contribution in [0.1, 0.15) is 11.6 Å². The standard InChI is InChI=1S/C14H20N8O3/c1-10-7-12(18-25-10)15-13(23)8-20-3-5-21(6-4-20)14(24)9-22-17-11(2)16-19-22/h7H,3-6,8-9H2,1-2H3,(H,15,18,23). The monoisotopic (exact) mass is 348 g/mol. The Morgan fingerprint density at radius 2 is 1.96 bits per heavy atom. The lowest BCUT2D eigenvalue weighted by Crippen LogP contribution is -2.51. The Labute approximate surface area is 143 Å². The maximum atomic E-state index is 12.2. The van der Waals surface area contributed by atoms with Crippen molar-refractivity contribution < 1.29 is 14.1 Å². The molecule has 1 N–H and O–H groups in total. The molecule has 0 aliphatic carbocycles. The van der Waals surface area contributed by atoms with E-state index in [0.29, 0.717) is 43.6 Å². The summed E-state index contributed by atoms with van der Waals surface area (Å²) in [5, 5.41) is 18.0. The predicted octanol–water partition coefficient (Wildman–Crippen LogP) is -0.939. The summed E-state index contributed by atoms with van der Waals surface area (Å²) in [5.41, 5.74) is 0. The van der Waals surface area contributed by atoms with E-state index < -0.39 is 0 Å². The van der Waals surface area contributed by atoms with Crippen LogP contribution in [0.5, 0.6) is 0 Å². The van der Waals surface area contributed by atoms with E-state index >= 15 is 0 Å². The zero-order valence-electron chi connectivity index (χ0n) is 14.2. The van der Waals surface area contributed by atoms with Crippen LogP contribution in [0.4, 0.5) is 5.82 Å². The molecule has 0 unspecified atom stereocenters. The van der Waals surface area contributed by atoms with Crippen LogP contribution in [0.15, 0.2) is 10.6 Å². The summed E-state index contributed by atoms with van der Waals surface area (Å²) in [4.78, 5) is 29.3. The van der Waals surface area contributed by atoms with Crippen molar-refractivity contribution >= 4 is 17.6 Å². The second-order valence-corrected chi connectivity index (χ2v) is 5.89. The maximum Gasteiger partial charge on any atom is 0.246 e. The molecule has 3 rings (SSSR count). The van der Waals surface area contributed by atoms with Crippen LogP contribution in [0, 0.1) is 13.8 Å². The van der Waals surface area contributed by atoms with E-state index in [9.17, 15) is 9.59 Å². The van der Waals surface area contributed by atoms with Crippen LogP contribution in [-0.2, 0) is 16.1 Å². The van der Waals surface area contributed by atoms with E-state index in [-0.39, 0.29) is 24.9 Å². The third-order valence-corrected chi connectivity index (χ3v) is 3.82. The first-order valence-corrected chi connectivity index (χ1v) is 7.97. The van der Waals surface area contributed by atoms with E-state index in [1.54, 1.807) is 24.8 Å². The molecule has 0 radical (unpaired) electrons. The Kier molecular flexibility index (Phi) is 5.03. The first-order chi connectivity index (χ1) is 12.0. The van der Waals surface area contributed by atoms with Crippen molar-refractivity contribution in [3.05, 3.63) is 17.7 Å². The normalized spacial score (nSPS) is 15.4. The first kappa shape index (κ1) is 17.0. The highest BCUT2D eigenvalue weighted by Crippen LogP contribution is 2.08. The van der Waals surface area contributed by atoms with Gasteiger partial charge in [0.2, 0.25) is 11.8 Å². The minimum atomic E-state index is -0.157. The van der Waals surface area contributed by atoms with Crippen molar-refractivity contribution in [2.45, 2.75) is 20.4 Å². The molecule has 3 heterocycles. The largest absolute Gasteiger partial charge is 0.360 e. The van der Waals surface area contributed by atoms with Gasteiger partial charge in [-0.05, 0) is 19.1 Å². The number of piperazine rings is 1. The molecule has 0 saturated carbocycles. The summed E-state index contributed by atoms with van der Waals surface area (Å²) in [5.74, 6) is 1.37. The van der Waals surface area contributed by atoms with Crippen molar-refractivity contribution in [1.29, 1.82) is 0 Å². The van der Waals surface area contributed by atoms with Gasteiger partial charge >= 0.3 is 0 Å². The predicted molar refractivity (Wildman–Crippen MR) is 85.4 cm³/mol. The van der Waals surface area contributed by atoms with Crippen molar-refractivity contribution in [3.63, 3.8) is 0 Å². The fourth-order valence-electron chi connectivity index (χ4n) is 2.58. The van der Waals surface area contributed by atoms with Crippen LogP contribution in [0.3, 0.4) is 0 Å². The lowest BCUT2D eigenvalue weighted by molar-refractivity contribution is -0.134. The summed E-state index contributed by atoms with van der Waals surface area (Å²) in [6.07, 6.45) is 0. The van der Waals surface area contributed by atoms with Crippen molar-refractivity contribution in [1.82, 2.24) is 35.2 Å². The molecule has 0 aromatic carbocycles. The number of rotatable bonds is 5. The molecule has 0 bridgehead atoms. The number of amides is 2. The summed E-state index contributed by atoms with van der Waals surface area (Å²) in [6, 6.07) is 1.66. The van der Waals surface area contributed by atoms with E-state index in [1.165, 1.54) is 4.80 Å². The number of nitrogens with one attached hydrogen (secondary N) is 1. The molecule has 134 valence electrons. The van der Waals surface area contributed by atoms with Gasteiger partial charge in [0.1, 0.15) is 12.3 Å². The van der Waals surface area contributed by atoms with Gasteiger partial charge in [-0.15, -0.1) is 10.2 Å². The molecule has 2 aromatic heterocycles. The molecule has 2 aromatic rings. The van der Waals surface area contributed by atoms with E-state index in [4.69, 9.17) is 4.52 Å². The number of nitrogens with zero attached hydrogens (tertiary/aromatic N) is 7. The average Bonchev–Trinajstić information content (AvgIpc) is 3.16. The number of tetrazole rings is 1. The Balaban J connectivity index is 1.42. The lowest BCUT2D eigenvalue weighted by Gasteiger charge is -2.34. The molecule has 2 amide bonds. The van der Waals surface area contributed by atoms with Gasteiger partial charge in [0.25, 0.3) is 0 Å². The molecule has 11 heteroatoms. The van der Waals surface area contributed by atoms with Gasteiger partial charge in [-0.1, -0.05) is 5.16 Å². The van der Waals surface area contributed by atoms with Crippen LogP contribution in [0.2, 0.25) is 0 Å². The van der Waals surface area contributed by atoms with Crippen LogP contribution >= 0.6 is 0 Å². The second kappa shape index (κ2) is 7.38. The van der Waals surface area contributed by atoms with E-state index in [1.807, 2.05) is 4.90 Å².